The molecule has 0 saturated carbocycles. The minimum Gasteiger partial charge on any atom is -0.466 e. The van der Waals surface area contributed by atoms with Crippen LogP contribution in [0.4, 0.5) is 11.4 Å². The highest BCUT2D eigenvalue weighted by atomic mass is 35.5. The molecule has 0 aliphatic rings. The predicted molar refractivity (Wildman–Crippen MR) is 139 cm³/mol. The number of amides is 1. The number of anilines is 2. The first-order valence-corrected chi connectivity index (χ1v) is 11.0. The van der Waals surface area contributed by atoms with Gasteiger partial charge in [0.25, 0.3) is 5.91 Å². The van der Waals surface area contributed by atoms with Crippen LogP contribution in [0.2, 0.25) is 5.02 Å². The van der Waals surface area contributed by atoms with Gasteiger partial charge >= 0.3 is 5.97 Å². The molecule has 182 valence electrons. The van der Waals surface area contributed by atoms with Gasteiger partial charge in [-0.1, -0.05) is 35.9 Å². The Kier molecular flexibility index (Phi) is 10.5. The molecule has 9 heteroatoms. The lowest BCUT2D eigenvalue weighted by atomic mass is 10.1. The topological polar surface area (TPSA) is 138 Å². The average molecular weight is 495 g/mol. The van der Waals surface area contributed by atoms with Crippen molar-refractivity contribution in [3.63, 3.8) is 0 Å². The molecule has 0 saturated heterocycles. The smallest absolute Gasteiger partial charge is 0.310 e. The van der Waals surface area contributed by atoms with Crippen LogP contribution in [-0.2, 0) is 20.7 Å². The van der Waals surface area contributed by atoms with Crippen molar-refractivity contribution in [3.8, 4) is 11.5 Å². The minimum absolute atomic E-state index is 0.113. The Balaban J connectivity index is 0.000000527. The quantitative estimate of drug-likeness (QED) is 0.186. The van der Waals surface area contributed by atoms with Crippen molar-refractivity contribution in [2.75, 3.05) is 17.7 Å². The maximum Gasteiger partial charge on any atom is 0.310 e. The van der Waals surface area contributed by atoms with Gasteiger partial charge in [-0.15, -0.1) is 0 Å². The molecule has 0 fully saturated rings. The van der Waals surface area contributed by atoms with E-state index in [2.05, 4.69) is 5.32 Å². The number of nitrogen functional groups attached to an aromatic ring is 1. The van der Waals surface area contributed by atoms with Gasteiger partial charge in [0.2, 0.25) is 0 Å². The van der Waals surface area contributed by atoms with E-state index in [-0.39, 0.29) is 18.1 Å². The Morgan fingerprint density at radius 2 is 1.66 bits per heavy atom. The summed E-state index contributed by atoms with van der Waals surface area (Å²) in [6, 6.07) is 21.0. The third kappa shape index (κ3) is 9.30. The molecule has 0 bridgehead atoms. The Morgan fingerprint density at radius 1 is 1.00 bits per heavy atom. The first kappa shape index (κ1) is 27.1. The van der Waals surface area contributed by atoms with Crippen LogP contribution in [0.25, 0.3) is 0 Å². The van der Waals surface area contributed by atoms with E-state index in [1.54, 1.807) is 49.4 Å². The number of carbonyl (C=O) groups is 2. The van der Waals surface area contributed by atoms with Crippen molar-refractivity contribution in [2.45, 2.75) is 20.3 Å². The Bertz CT molecular complexity index is 1180. The van der Waals surface area contributed by atoms with Gasteiger partial charge < -0.3 is 25.9 Å². The average Bonchev–Trinajstić information content (AvgIpc) is 2.82. The molecule has 0 unspecified atom stereocenters. The second-order valence-corrected chi connectivity index (χ2v) is 7.65. The van der Waals surface area contributed by atoms with E-state index in [0.717, 1.165) is 11.3 Å². The zero-order valence-electron chi connectivity index (χ0n) is 19.4. The van der Waals surface area contributed by atoms with Crippen molar-refractivity contribution in [3.05, 3.63) is 83.4 Å². The molecular weight excluding hydrogens is 468 g/mol. The highest BCUT2D eigenvalue weighted by molar-refractivity contribution is 6.66. The number of hydrogen-bond donors (Lipinski definition) is 4. The SMILES string of the molecule is CCOC(=O)Cc1ccc(Oc2ccc(NC(=O)C(=N)C(C)=N)cc2)c(Cl)c1.Nc1ccccc1. The molecule has 0 radical (unpaired) electrons. The lowest BCUT2D eigenvalue weighted by Gasteiger charge is -2.10. The largest absolute Gasteiger partial charge is 0.466 e. The Labute approximate surface area is 209 Å². The molecule has 5 N–H and O–H groups in total. The van der Waals surface area contributed by atoms with Crippen LogP contribution in [0.1, 0.15) is 19.4 Å². The number of ether oxygens (including phenoxy) is 2. The maximum atomic E-state index is 11.8. The summed E-state index contributed by atoms with van der Waals surface area (Å²) in [5, 5.41) is 17.7. The van der Waals surface area contributed by atoms with E-state index in [1.165, 1.54) is 6.92 Å². The third-order valence-electron chi connectivity index (χ3n) is 4.39. The van der Waals surface area contributed by atoms with E-state index in [4.69, 9.17) is 37.6 Å². The minimum atomic E-state index is -0.651. The monoisotopic (exact) mass is 494 g/mol. The highest BCUT2D eigenvalue weighted by Gasteiger charge is 2.12. The first-order valence-electron chi connectivity index (χ1n) is 10.7. The summed E-state index contributed by atoms with van der Waals surface area (Å²) < 4.78 is 10.6. The summed E-state index contributed by atoms with van der Waals surface area (Å²) in [5.74, 6) is -0.0545. The van der Waals surface area contributed by atoms with Crippen LogP contribution in [0, 0.1) is 10.8 Å². The molecule has 0 aliphatic heterocycles. The number of benzene rings is 3. The van der Waals surface area contributed by atoms with Crippen LogP contribution < -0.4 is 15.8 Å². The number of carbonyl (C=O) groups excluding carboxylic acids is 2. The molecular formula is C26H27ClN4O4. The van der Waals surface area contributed by atoms with Gasteiger partial charge in [0, 0.05) is 11.4 Å². The molecule has 3 rings (SSSR count). The molecule has 1 amide bonds. The number of para-hydroxylation sites is 1. The number of hydrogen-bond acceptors (Lipinski definition) is 7. The fourth-order valence-corrected chi connectivity index (χ4v) is 2.91. The van der Waals surface area contributed by atoms with Gasteiger partial charge in [0.05, 0.1) is 23.8 Å². The fraction of sp³-hybridized carbons (Fsp3) is 0.154. The third-order valence-corrected chi connectivity index (χ3v) is 4.69. The van der Waals surface area contributed by atoms with E-state index in [0.29, 0.717) is 28.8 Å². The van der Waals surface area contributed by atoms with Gasteiger partial charge in [0.1, 0.15) is 17.2 Å². The summed E-state index contributed by atoms with van der Waals surface area (Å²) >= 11 is 6.23. The fourth-order valence-electron chi connectivity index (χ4n) is 2.67. The van der Waals surface area contributed by atoms with E-state index in [9.17, 15) is 9.59 Å². The zero-order chi connectivity index (χ0) is 25.8. The summed E-state index contributed by atoms with van der Waals surface area (Å²) in [4.78, 5) is 23.3. The van der Waals surface area contributed by atoms with Crippen molar-refractivity contribution in [1.82, 2.24) is 0 Å². The summed E-state index contributed by atoms with van der Waals surface area (Å²) in [6.07, 6.45) is 0.131. The summed E-state index contributed by atoms with van der Waals surface area (Å²) in [6.45, 7) is 3.45. The van der Waals surface area contributed by atoms with Crippen LogP contribution in [0.15, 0.2) is 72.8 Å². The second-order valence-electron chi connectivity index (χ2n) is 7.24. The van der Waals surface area contributed by atoms with Gasteiger partial charge in [-0.2, -0.15) is 0 Å². The van der Waals surface area contributed by atoms with Gasteiger partial charge in [0.15, 0.2) is 0 Å². The van der Waals surface area contributed by atoms with Gasteiger partial charge in [-0.25, -0.2) is 0 Å². The van der Waals surface area contributed by atoms with Crippen molar-refractivity contribution < 1.29 is 19.1 Å². The van der Waals surface area contributed by atoms with E-state index >= 15 is 0 Å². The predicted octanol–water partition coefficient (Wildman–Crippen LogP) is 5.50. The standard InChI is InChI=1S/C20H20ClN3O4.C6H7N/c1-3-27-18(25)11-13-4-9-17(16(21)10-13)28-15-7-5-14(6-8-15)24-20(26)19(23)12(2)22;7-6-4-2-1-3-5-6/h4-10,22-23H,3,11H2,1-2H3,(H,24,26);1-5H,7H2. The molecule has 3 aromatic rings. The van der Waals surface area contributed by atoms with Crippen molar-refractivity contribution >= 4 is 46.3 Å². The van der Waals surface area contributed by atoms with E-state index in [1.807, 2.05) is 30.3 Å². The Morgan fingerprint density at radius 3 is 2.17 bits per heavy atom. The van der Waals surface area contributed by atoms with E-state index < -0.39 is 11.6 Å². The number of rotatable bonds is 8. The molecule has 0 atom stereocenters. The summed E-state index contributed by atoms with van der Waals surface area (Å²) in [5.41, 5.74) is 6.87. The lowest BCUT2D eigenvalue weighted by Crippen LogP contribution is -2.27. The summed E-state index contributed by atoms with van der Waals surface area (Å²) in [7, 11) is 0. The molecule has 35 heavy (non-hydrogen) atoms. The van der Waals surface area contributed by atoms with Crippen LogP contribution in [0.5, 0.6) is 11.5 Å². The highest BCUT2D eigenvalue weighted by Crippen LogP contribution is 2.31. The molecule has 0 spiro atoms. The van der Waals surface area contributed by atoms with Crippen LogP contribution >= 0.6 is 11.6 Å². The molecule has 3 aromatic carbocycles. The van der Waals surface area contributed by atoms with Gasteiger partial charge in [-0.05, 0) is 67.9 Å². The van der Waals surface area contributed by atoms with Crippen LogP contribution in [-0.4, -0.2) is 29.9 Å². The number of esters is 1. The number of nitrogens with two attached hydrogens (primary N) is 1. The normalized spacial score (nSPS) is 9.80. The first-order chi connectivity index (χ1) is 16.7. The molecule has 0 aliphatic carbocycles. The molecule has 0 aromatic heterocycles. The van der Waals surface area contributed by atoms with Crippen molar-refractivity contribution in [2.24, 2.45) is 0 Å². The number of halogens is 1. The lowest BCUT2D eigenvalue weighted by molar-refractivity contribution is -0.142. The zero-order valence-corrected chi connectivity index (χ0v) is 20.2. The van der Waals surface area contributed by atoms with Crippen LogP contribution in [0.3, 0.4) is 0 Å². The molecule has 8 nitrogen and oxygen atoms in total. The van der Waals surface area contributed by atoms with Crippen molar-refractivity contribution in [1.29, 1.82) is 10.8 Å². The second kappa shape index (κ2) is 13.5. The number of nitrogens with one attached hydrogen (secondary N) is 3. The maximum absolute atomic E-state index is 11.8. The Hall–Kier alpha value is -4.17. The molecule has 0 heterocycles. The van der Waals surface area contributed by atoms with Gasteiger partial charge in [-0.3, -0.25) is 15.0 Å².